The molecule has 1 atom stereocenters. The van der Waals surface area contributed by atoms with E-state index in [1.54, 1.807) is 23.5 Å². The Hall–Kier alpha value is -0.580. The molecule has 5 heteroatoms. The molecule has 0 N–H and O–H groups in total. The number of thiophene rings is 1. The van der Waals surface area contributed by atoms with E-state index < -0.39 is 0 Å². The van der Waals surface area contributed by atoms with Crippen LogP contribution >= 0.6 is 38.9 Å². The zero-order chi connectivity index (χ0) is 12.4. The minimum absolute atomic E-state index is 0.212. The lowest BCUT2D eigenvalue weighted by Gasteiger charge is -2.10. The molecule has 17 heavy (non-hydrogen) atoms. The van der Waals surface area contributed by atoms with E-state index in [1.165, 1.54) is 13.2 Å². The van der Waals surface area contributed by atoms with Crippen molar-refractivity contribution in [3.63, 3.8) is 0 Å². The maximum atomic E-state index is 13.3. The monoisotopic (exact) mass is 334 g/mol. The highest BCUT2D eigenvalue weighted by Gasteiger charge is 2.15. The maximum absolute atomic E-state index is 13.3. The molecule has 1 nitrogen and oxygen atoms in total. The highest BCUT2D eigenvalue weighted by atomic mass is 79.9. The van der Waals surface area contributed by atoms with Crippen molar-refractivity contribution in [3.05, 3.63) is 50.4 Å². The van der Waals surface area contributed by atoms with Gasteiger partial charge in [0.15, 0.2) is 11.6 Å². The van der Waals surface area contributed by atoms with E-state index in [9.17, 15) is 4.39 Å². The zero-order valence-corrected chi connectivity index (χ0v) is 12.1. The Morgan fingerprint density at radius 2 is 2.12 bits per heavy atom. The first kappa shape index (κ1) is 12.9. The summed E-state index contributed by atoms with van der Waals surface area (Å²) >= 11 is 11.3. The molecule has 0 aliphatic carbocycles. The van der Waals surface area contributed by atoms with Crippen molar-refractivity contribution in [2.45, 2.75) is 5.38 Å². The Balaban J connectivity index is 2.34. The minimum atomic E-state index is -0.382. The summed E-state index contributed by atoms with van der Waals surface area (Å²) in [4.78, 5) is 1.01. The van der Waals surface area contributed by atoms with Gasteiger partial charge in [-0.1, -0.05) is 6.07 Å². The van der Waals surface area contributed by atoms with Crippen LogP contribution in [0, 0.1) is 5.82 Å². The van der Waals surface area contributed by atoms with Gasteiger partial charge in [-0.15, -0.1) is 22.9 Å². The molecule has 0 radical (unpaired) electrons. The SMILES string of the molecule is COc1cc(C(Cl)c2ccc(Br)s2)ccc1F. The van der Waals surface area contributed by atoms with Crippen LogP contribution in [0.1, 0.15) is 15.8 Å². The molecule has 2 rings (SSSR count). The second-order valence-electron chi connectivity index (χ2n) is 3.40. The molecule has 0 saturated carbocycles. The summed E-state index contributed by atoms with van der Waals surface area (Å²) in [6.45, 7) is 0. The summed E-state index contributed by atoms with van der Waals surface area (Å²) in [5.41, 5.74) is 0.819. The van der Waals surface area contributed by atoms with E-state index in [-0.39, 0.29) is 16.9 Å². The summed E-state index contributed by atoms with van der Waals surface area (Å²) in [6.07, 6.45) is 0. The van der Waals surface area contributed by atoms with Gasteiger partial charge in [0.1, 0.15) is 0 Å². The van der Waals surface area contributed by atoms with Gasteiger partial charge in [0.25, 0.3) is 0 Å². The van der Waals surface area contributed by atoms with Gasteiger partial charge in [-0.3, -0.25) is 0 Å². The molecular weight excluding hydrogens is 327 g/mol. The van der Waals surface area contributed by atoms with Crippen molar-refractivity contribution in [1.29, 1.82) is 0 Å². The third-order valence-corrected chi connectivity index (χ3v) is 4.62. The maximum Gasteiger partial charge on any atom is 0.165 e. The van der Waals surface area contributed by atoms with E-state index in [0.717, 1.165) is 14.2 Å². The Labute approximate surface area is 116 Å². The van der Waals surface area contributed by atoms with Gasteiger partial charge in [-0.25, -0.2) is 4.39 Å². The third-order valence-electron chi connectivity index (χ3n) is 2.31. The topological polar surface area (TPSA) is 9.23 Å². The fourth-order valence-corrected chi connectivity index (χ4v) is 3.23. The lowest BCUT2D eigenvalue weighted by molar-refractivity contribution is 0.386. The average Bonchev–Trinajstić information content (AvgIpc) is 2.75. The van der Waals surface area contributed by atoms with E-state index in [2.05, 4.69) is 15.9 Å². The number of ether oxygens (including phenoxy) is 1. The summed E-state index contributed by atoms with van der Waals surface area (Å²) in [6, 6.07) is 8.55. The van der Waals surface area contributed by atoms with Crippen LogP contribution in [0.15, 0.2) is 34.1 Å². The first-order chi connectivity index (χ1) is 8.11. The van der Waals surface area contributed by atoms with Gasteiger partial charge in [0, 0.05) is 4.88 Å². The van der Waals surface area contributed by atoms with E-state index in [1.807, 2.05) is 12.1 Å². The van der Waals surface area contributed by atoms with Gasteiger partial charge in [0.05, 0.1) is 16.3 Å². The molecule has 0 amide bonds. The van der Waals surface area contributed by atoms with Crippen molar-refractivity contribution in [2.24, 2.45) is 0 Å². The second-order valence-corrected chi connectivity index (χ2v) is 6.33. The summed E-state index contributed by atoms with van der Waals surface area (Å²) in [7, 11) is 1.44. The molecule has 1 aromatic heterocycles. The predicted molar refractivity (Wildman–Crippen MR) is 72.7 cm³/mol. The number of methoxy groups -OCH3 is 1. The first-order valence-electron chi connectivity index (χ1n) is 4.84. The van der Waals surface area contributed by atoms with Gasteiger partial charge in [-0.2, -0.15) is 0 Å². The van der Waals surface area contributed by atoms with Crippen LogP contribution in [-0.4, -0.2) is 7.11 Å². The molecule has 1 heterocycles. The quantitative estimate of drug-likeness (QED) is 0.718. The molecule has 90 valence electrons. The van der Waals surface area contributed by atoms with Crippen LogP contribution < -0.4 is 4.74 Å². The summed E-state index contributed by atoms with van der Waals surface area (Å²) in [5, 5.41) is -0.291. The Morgan fingerprint density at radius 1 is 1.35 bits per heavy atom. The standard InChI is InChI=1S/C12H9BrClFOS/c1-16-9-6-7(2-3-8(9)15)12(14)10-4-5-11(13)17-10/h2-6,12H,1H3. The van der Waals surface area contributed by atoms with Crippen LogP contribution in [-0.2, 0) is 0 Å². The molecule has 1 aromatic carbocycles. The van der Waals surface area contributed by atoms with Crippen molar-refractivity contribution in [1.82, 2.24) is 0 Å². The normalized spacial score (nSPS) is 12.5. The molecule has 0 aliphatic heterocycles. The third kappa shape index (κ3) is 2.81. The number of benzene rings is 1. The Kier molecular flexibility index (Phi) is 4.07. The molecule has 0 spiro atoms. The zero-order valence-electron chi connectivity index (χ0n) is 8.91. The van der Waals surface area contributed by atoms with Crippen molar-refractivity contribution in [3.8, 4) is 5.75 Å². The number of hydrogen-bond acceptors (Lipinski definition) is 2. The van der Waals surface area contributed by atoms with Gasteiger partial charge >= 0.3 is 0 Å². The first-order valence-corrected chi connectivity index (χ1v) is 6.89. The van der Waals surface area contributed by atoms with Gasteiger partial charge in [-0.05, 0) is 45.8 Å². The van der Waals surface area contributed by atoms with Crippen LogP contribution in [0.4, 0.5) is 4.39 Å². The number of halogens is 3. The lowest BCUT2D eigenvalue weighted by atomic mass is 10.1. The Bertz CT molecular complexity index is 529. The van der Waals surface area contributed by atoms with Crippen molar-refractivity contribution < 1.29 is 9.13 Å². The molecule has 0 saturated heterocycles. The number of hydrogen-bond donors (Lipinski definition) is 0. The molecule has 0 aliphatic rings. The molecule has 1 unspecified atom stereocenters. The number of alkyl halides is 1. The van der Waals surface area contributed by atoms with E-state index in [4.69, 9.17) is 16.3 Å². The average molecular weight is 336 g/mol. The molecule has 0 bridgehead atoms. The smallest absolute Gasteiger partial charge is 0.165 e. The minimum Gasteiger partial charge on any atom is -0.494 e. The second kappa shape index (κ2) is 5.38. The van der Waals surface area contributed by atoms with Crippen LogP contribution in [0.25, 0.3) is 0 Å². The van der Waals surface area contributed by atoms with Crippen molar-refractivity contribution >= 4 is 38.9 Å². The van der Waals surface area contributed by atoms with Gasteiger partial charge in [0.2, 0.25) is 0 Å². The molecule has 0 fully saturated rings. The Morgan fingerprint density at radius 3 is 2.71 bits per heavy atom. The molecule has 2 aromatic rings. The summed E-state index contributed by atoms with van der Waals surface area (Å²) < 4.78 is 19.2. The fourth-order valence-electron chi connectivity index (χ4n) is 1.46. The molecular formula is C12H9BrClFOS. The van der Waals surface area contributed by atoms with E-state index >= 15 is 0 Å². The van der Waals surface area contributed by atoms with Gasteiger partial charge < -0.3 is 4.74 Å². The highest BCUT2D eigenvalue weighted by Crippen LogP contribution is 2.37. The van der Waals surface area contributed by atoms with E-state index in [0.29, 0.717) is 0 Å². The largest absolute Gasteiger partial charge is 0.494 e. The van der Waals surface area contributed by atoms with Crippen LogP contribution in [0.5, 0.6) is 5.75 Å². The summed E-state index contributed by atoms with van der Waals surface area (Å²) in [5.74, 6) is -0.170. The highest BCUT2D eigenvalue weighted by molar-refractivity contribution is 9.11. The predicted octanol–water partition coefficient (Wildman–Crippen LogP) is 4.99. The fraction of sp³-hybridized carbons (Fsp3) is 0.167. The van der Waals surface area contributed by atoms with Crippen LogP contribution in [0.3, 0.4) is 0 Å². The van der Waals surface area contributed by atoms with Crippen LogP contribution in [0.2, 0.25) is 0 Å². The van der Waals surface area contributed by atoms with Crippen molar-refractivity contribution in [2.75, 3.05) is 7.11 Å². The number of rotatable bonds is 3. The lowest BCUT2D eigenvalue weighted by Crippen LogP contribution is -1.94.